The van der Waals surface area contributed by atoms with E-state index in [9.17, 15) is 18.0 Å². The average molecular weight is 297 g/mol. The van der Waals surface area contributed by atoms with Crippen molar-refractivity contribution in [2.24, 2.45) is 0 Å². The maximum absolute atomic E-state index is 12.1. The monoisotopic (exact) mass is 297 g/mol. The molecule has 0 saturated carbocycles. The third-order valence-corrected chi connectivity index (χ3v) is 5.24. The first kappa shape index (κ1) is 14.5. The van der Waals surface area contributed by atoms with Crippen LogP contribution in [-0.4, -0.2) is 31.2 Å². The zero-order valence-corrected chi connectivity index (χ0v) is 12.0. The molecule has 6 nitrogen and oxygen atoms in total. The smallest absolute Gasteiger partial charge is 0.335 e. The fraction of sp³-hybridized carbons (Fsp3) is 0.385. The maximum atomic E-state index is 12.1. The Kier molecular flexibility index (Phi) is 3.56. The summed E-state index contributed by atoms with van der Waals surface area (Å²) in [5.41, 5.74) is 0.833. The Morgan fingerprint density at radius 3 is 2.55 bits per heavy atom. The van der Waals surface area contributed by atoms with E-state index >= 15 is 0 Å². The number of hydrogen-bond acceptors (Lipinski definition) is 4. The second-order valence-electron chi connectivity index (χ2n) is 4.82. The van der Waals surface area contributed by atoms with Gasteiger partial charge in [0.25, 0.3) is 0 Å². The van der Waals surface area contributed by atoms with Crippen LogP contribution < -0.4 is 5.32 Å². The zero-order chi connectivity index (χ0) is 15.1. The van der Waals surface area contributed by atoms with Gasteiger partial charge in [-0.1, -0.05) is 0 Å². The van der Waals surface area contributed by atoms with Gasteiger partial charge >= 0.3 is 5.97 Å². The largest absolute Gasteiger partial charge is 0.478 e. The molecular formula is C13H15NO5S. The Morgan fingerprint density at radius 2 is 2.00 bits per heavy atom. The molecule has 0 radical (unpaired) electrons. The van der Waals surface area contributed by atoms with E-state index in [2.05, 4.69) is 5.32 Å². The van der Waals surface area contributed by atoms with Crippen LogP contribution in [0.1, 0.15) is 40.9 Å². The fourth-order valence-corrected chi connectivity index (χ4v) is 4.23. The lowest BCUT2D eigenvalue weighted by Crippen LogP contribution is -2.33. The Bertz CT molecular complexity index is 693. The Hall–Kier alpha value is -1.89. The summed E-state index contributed by atoms with van der Waals surface area (Å²) in [6, 6.07) is 2.14. The summed E-state index contributed by atoms with van der Waals surface area (Å²) in [7, 11) is -3.42. The summed E-state index contributed by atoms with van der Waals surface area (Å²) in [6.45, 7) is 2.91. The van der Waals surface area contributed by atoms with Gasteiger partial charge in [0.2, 0.25) is 5.91 Å². The number of rotatable bonds is 2. The van der Waals surface area contributed by atoms with Crippen LogP contribution >= 0.6 is 0 Å². The van der Waals surface area contributed by atoms with Crippen LogP contribution in [0, 0.1) is 6.92 Å². The standard InChI is InChI=1S/C13H15NO5S/c1-7-9(13(16)17)3-4-11-12(7)10(14-8(2)15)5-6-20(11,18)19/h3-4,10H,5-6H2,1-2H3,(H,14,15)(H,16,17). The van der Waals surface area contributed by atoms with Crippen LogP contribution in [0.3, 0.4) is 0 Å². The summed E-state index contributed by atoms with van der Waals surface area (Å²) < 4.78 is 24.2. The van der Waals surface area contributed by atoms with Crippen molar-refractivity contribution in [2.75, 3.05) is 5.75 Å². The number of carboxylic acids is 1. The molecule has 0 aliphatic carbocycles. The van der Waals surface area contributed by atoms with Crippen LogP contribution in [0.15, 0.2) is 17.0 Å². The van der Waals surface area contributed by atoms with Crippen LogP contribution in [-0.2, 0) is 14.6 Å². The molecule has 1 heterocycles. The highest BCUT2D eigenvalue weighted by Crippen LogP contribution is 2.35. The lowest BCUT2D eigenvalue weighted by molar-refractivity contribution is -0.119. The second kappa shape index (κ2) is 4.90. The lowest BCUT2D eigenvalue weighted by Gasteiger charge is -2.28. The molecule has 1 aromatic carbocycles. The van der Waals surface area contributed by atoms with Crippen LogP contribution in [0.2, 0.25) is 0 Å². The molecule has 2 rings (SSSR count). The molecule has 0 bridgehead atoms. The van der Waals surface area contributed by atoms with E-state index in [0.29, 0.717) is 11.1 Å². The highest BCUT2D eigenvalue weighted by molar-refractivity contribution is 7.91. The Morgan fingerprint density at radius 1 is 1.35 bits per heavy atom. The first-order valence-corrected chi connectivity index (χ1v) is 7.76. The summed E-state index contributed by atoms with van der Waals surface area (Å²) in [4.78, 5) is 22.5. The number of carbonyl (C=O) groups excluding carboxylic acids is 1. The van der Waals surface area contributed by atoms with Gasteiger partial charge < -0.3 is 10.4 Å². The molecule has 1 atom stereocenters. The van der Waals surface area contributed by atoms with Crippen molar-refractivity contribution >= 4 is 21.7 Å². The molecule has 0 saturated heterocycles. The summed E-state index contributed by atoms with van der Waals surface area (Å²) >= 11 is 0. The van der Waals surface area contributed by atoms with Gasteiger partial charge in [0.1, 0.15) is 0 Å². The van der Waals surface area contributed by atoms with Gasteiger partial charge in [0.05, 0.1) is 22.3 Å². The van der Waals surface area contributed by atoms with Gasteiger partial charge in [-0.3, -0.25) is 4.79 Å². The molecule has 1 aliphatic rings. The minimum absolute atomic E-state index is 0.0520. The molecule has 20 heavy (non-hydrogen) atoms. The van der Waals surface area contributed by atoms with E-state index in [4.69, 9.17) is 5.11 Å². The van der Waals surface area contributed by atoms with E-state index in [-0.39, 0.29) is 28.5 Å². The lowest BCUT2D eigenvalue weighted by atomic mass is 9.94. The van der Waals surface area contributed by atoms with Gasteiger partial charge in [-0.2, -0.15) is 0 Å². The van der Waals surface area contributed by atoms with Crippen LogP contribution in [0.5, 0.6) is 0 Å². The highest BCUT2D eigenvalue weighted by atomic mass is 32.2. The van der Waals surface area contributed by atoms with Gasteiger partial charge in [-0.25, -0.2) is 13.2 Å². The molecule has 1 aromatic rings. The number of sulfone groups is 1. The molecule has 1 aliphatic heterocycles. The number of carboxylic acid groups (broad SMARTS) is 1. The average Bonchev–Trinajstić information content (AvgIpc) is 2.32. The third-order valence-electron chi connectivity index (χ3n) is 3.44. The van der Waals surface area contributed by atoms with Crippen molar-refractivity contribution in [2.45, 2.75) is 31.2 Å². The van der Waals surface area contributed by atoms with E-state index < -0.39 is 21.8 Å². The maximum Gasteiger partial charge on any atom is 0.335 e. The van der Waals surface area contributed by atoms with Gasteiger partial charge in [0, 0.05) is 6.92 Å². The van der Waals surface area contributed by atoms with Crippen molar-refractivity contribution in [3.63, 3.8) is 0 Å². The number of hydrogen-bond donors (Lipinski definition) is 2. The molecule has 7 heteroatoms. The number of carbonyl (C=O) groups is 2. The summed E-state index contributed by atoms with van der Waals surface area (Å²) in [5, 5.41) is 11.8. The van der Waals surface area contributed by atoms with Gasteiger partial charge in [-0.05, 0) is 36.6 Å². The zero-order valence-electron chi connectivity index (χ0n) is 11.1. The molecular weight excluding hydrogens is 282 g/mol. The van der Waals surface area contributed by atoms with Crippen LogP contribution in [0.25, 0.3) is 0 Å². The molecule has 108 valence electrons. The molecule has 2 N–H and O–H groups in total. The third kappa shape index (κ3) is 2.40. The van der Waals surface area contributed by atoms with Gasteiger partial charge in [-0.15, -0.1) is 0 Å². The van der Waals surface area contributed by atoms with Crippen molar-refractivity contribution in [1.82, 2.24) is 5.32 Å². The first-order chi connectivity index (χ1) is 9.24. The van der Waals surface area contributed by atoms with E-state index in [1.54, 1.807) is 6.92 Å². The minimum atomic E-state index is -3.42. The van der Waals surface area contributed by atoms with Crippen molar-refractivity contribution in [3.8, 4) is 0 Å². The molecule has 0 spiro atoms. The number of amides is 1. The van der Waals surface area contributed by atoms with E-state index in [0.717, 1.165) is 0 Å². The topological polar surface area (TPSA) is 101 Å². The molecule has 1 amide bonds. The van der Waals surface area contributed by atoms with E-state index in [1.165, 1.54) is 19.1 Å². The predicted molar refractivity (Wildman–Crippen MR) is 71.4 cm³/mol. The van der Waals surface area contributed by atoms with Crippen molar-refractivity contribution < 1.29 is 23.1 Å². The summed E-state index contributed by atoms with van der Waals surface area (Å²) in [5.74, 6) is -1.45. The van der Waals surface area contributed by atoms with Gasteiger partial charge in [0.15, 0.2) is 9.84 Å². The number of fused-ring (bicyclic) bond motifs is 1. The second-order valence-corrected chi connectivity index (χ2v) is 6.89. The number of nitrogens with one attached hydrogen (secondary N) is 1. The fourth-order valence-electron chi connectivity index (χ4n) is 2.56. The number of aromatic carboxylic acids is 1. The molecule has 1 unspecified atom stereocenters. The van der Waals surface area contributed by atoms with Crippen LogP contribution in [0.4, 0.5) is 0 Å². The SMILES string of the molecule is CC(=O)NC1CCS(=O)(=O)c2ccc(C(=O)O)c(C)c21. The first-order valence-electron chi connectivity index (χ1n) is 6.10. The Balaban J connectivity index is 2.69. The molecule has 0 aromatic heterocycles. The normalized spacial score (nSPS) is 20.0. The summed E-state index contributed by atoms with van der Waals surface area (Å²) in [6.07, 6.45) is 0.249. The van der Waals surface area contributed by atoms with E-state index in [1.807, 2.05) is 0 Å². The molecule has 0 fully saturated rings. The van der Waals surface area contributed by atoms with Crippen molar-refractivity contribution in [1.29, 1.82) is 0 Å². The predicted octanol–water partition coefficient (Wildman–Crippen LogP) is 1.05. The Labute approximate surface area is 116 Å². The van der Waals surface area contributed by atoms with Crippen molar-refractivity contribution in [3.05, 3.63) is 28.8 Å². The highest BCUT2D eigenvalue weighted by Gasteiger charge is 2.33. The number of benzene rings is 1. The minimum Gasteiger partial charge on any atom is -0.478 e. The quantitative estimate of drug-likeness (QED) is 0.849.